The first-order valence-electron chi connectivity index (χ1n) is 10.1. The highest BCUT2D eigenvalue weighted by Gasteiger charge is 2.18. The highest BCUT2D eigenvalue weighted by atomic mass is 16.6. The Morgan fingerprint density at radius 3 is 1.67 bits per heavy atom. The molecule has 0 aromatic heterocycles. The molecule has 0 heterocycles. The molecule has 24 heavy (non-hydrogen) atoms. The molecule has 144 valence electrons. The Morgan fingerprint density at radius 2 is 1.25 bits per heavy atom. The molecule has 3 heteroatoms. The van der Waals surface area contributed by atoms with E-state index < -0.39 is 11.7 Å². The van der Waals surface area contributed by atoms with Crippen LogP contribution in [0.1, 0.15) is 112 Å². The van der Waals surface area contributed by atoms with Crippen LogP contribution in [-0.4, -0.2) is 22.8 Å². The lowest BCUT2D eigenvalue weighted by Gasteiger charge is -2.20. The first-order chi connectivity index (χ1) is 11.2. The summed E-state index contributed by atoms with van der Waals surface area (Å²) >= 11 is 0. The van der Waals surface area contributed by atoms with Gasteiger partial charge in [-0.25, -0.2) is 0 Å². The lowest BCUT2D eigenvalue weighted by Crippen LogP contribution is -2.26. The summed E-state index contributed by atoms with van der Waals surface area (Å²) in [5.74, 6) is 0.545. The SMILES string of the molecule is CC(C)CCCCCCCCCCCC(O)CC(=O)OC(C)(C)C. The van der Waals surface area contributed by atoms with Crippen LogP contribution in [0.3, 0.4) is 0 Å². The molecule has 1 atom stereocenters. The first-order valence-corrected chi connectivity index (χ1v) is 10.1. The van der Waals surface area contributed by atoms with Crippen molar-refractivity contribution < 1.29 is 14.6 Å². The van der Waals surface area contributed by atoms with Crippen molar-refractivity contribution in [3.8, 4) is 0 Å². The zero-order valence-corrected chi connectivity index (χ0v) is 16.9. The van der Waals surface area contributed by atoms with E-state index >= 15 is 0 Å². The highest BCUT2D eigenvalue weighted by Crippen LogP contribution is 2.15. The summed E-state index contributed by atoms with van der Waals surface area (Å²) in [5, 5.41) is 9.88. The largest absolute Gasteiger partial charge is 0.460 e. The summed E-state index contributed by atoms with van der Waals surface area (Å²) in [6.45, 7) is 10.1. The van der Waals surface area contributed by atoms with Gasteiger partial charge in [0.2, 0.25) is 0 Å². The monoisotopic (exact) mass is 342 g/mol. The summed E-state index contributed by atoms with van der Waals surface area (Å²) in [4.78, 5) is 11.6. The predicted octanol–water partition coefficient (Wildman–Crippen LogP) is 6.03. The highest BCUT2D eigenvalue weighted by molar-refractivity contribution is 5.70. The molecule has 1 unspecified atom stereocenters. The molecule has 0 saturated heterocycles. The minimum Gasteiger partial charge on any atom is -0.460 e. The van der Waals surface area contributed by atoms with Gasteiger partial charge in [0.1, 0.15) is 5.60 Å². The van der Waals surface area contributed by atoms with E-state index in [-0.39, 0.29) is 12.4 Å². The van der Waals surface area contributed by atoms with E-state index in [0.717, 1.165) is 18.8 Å². The molecule has 0 bridgehead atoms. The van der Waals surface area contributed by atoms with Crippen molar-refractivity contribution >= 4 is 5.97 Å². The molecular formula is C21H42O3. The topological polar surface area (TPSA) is 46.5 Å². The van der Waals surface area contributed by atoms with Crippen molar-refractivity contribution in [3.05, 3.63) is 0 Å². The number of rotatable bonds is 14. The van der Waals surface area contributed by atoms with E-state index in [4.69, 9.17) is 4.74 Å². The van der Waals surface area contributed by atoms with Gasteiger partial charge in [-0.15, -0.1) is 0 Å². The third kappa shape index (κ3) is 17.8. The van der Waals surface area contributed by atoms with Gasteiger partial charge in [0.25, 0.3) is 0 Å². The average molecular weight is 343 g/mol. The maximum absolute atomic E-state index is 11.6. The van der Waals surface area contributed by atoms with Crippen molar-refractivity contribution in [3.63, 3.8) is 0 Å². The molecule has 0 aliphatic rings. The summed E-state index contributed by atoms with van der Waals surface area (Å²) in [6, 6.07) is 0. The molecule has 0 rings (SSSR count). The molecular weight excluding hydrogens is 300 g/mol. The summed E-state index contributed by atoms with van der Waals surface area (Å²) < 4.78 is 5.22. The van der Waals surface area contributed by atoms with Gasteiger partial charge in [-0.2, -0.15) is 0 Å². The second-order valence-electron chi connectivity index (χ2n) is 8.60. The number of hydrogen-bond acceptors (Lipinski definition) is 3. The minimum atomic E-state index is -0.555. The minimum absolute atomic E-state index is 0.119. The Labute approximate surface area is 150 Å². The van der Waals surface area contributed by atoms with Gasteiger partial charge in [0.15, 0.2) is 0 Å². The van der Waals surface area contributed by atoms with Crippen molar-refractivity contribution in [2.24, 2.45) is 5.92 Å². The number of carbonyl (C=O) groups is 1. The van der Waals surface area contributed by atoms with Crippen LogP contribution in [0, 0.1) is 5.92 Å². The van der Waals surface area contributed by atoms with Crippen LogP contribution in [0.5, 0.6) is 0 Å². The molecule has 0 radical (unpaired) electrons. The van der Waals surface area contributed by atoms with Crippen molar-refractivity contribution in [2.45, 2.75) is 123 Å². The van der Waals surface area contributed by atoms with E-state index in [2.05, 4.69) is 13.8 Å². The quantitative estimate of drug-likeness (QED) is 0.310. The van der Waals surface area contributed by atoms with E-state index in [1.165, 1.54) is 51.4 Å². The number of ether oxygens (including phenoxy) is 1. The number of hydrogen-bond donors (Lipinski definition) is 1. The standard InChI is InChI=1S/C21H42O3/c1-18(2)15-13-11-9-7-6-8-10-12-14-16-19(22)17-20(23)24-21(3,4)5/h18-19,22H,6-17H2,1-5H3. The van der Waals surface area contributed by atoms with Crippen LogP contribution in [0.4, 0.5) is 0 Å². The lowest BCUT2D eigenvalue weighted by molar-refractivity contribution is -0.157. The average Bonchev–Trinajstić information content (AvgIpc) is 2.42. The van der Waals surface area contributed by atoms with Gasteiger partial charge < -0.3 is 9.84 Å². The molecule has 0 saturated carbocycles. The zero-order valence-electron chi connectivity index (χ0n) is 16.9. The van der Waals surface area contributed by atoms with E-state index in [9.17, 15) is 9.90 Å². The normalized spacial score (nSPS) is 13.3. The van der Waals surface area contributed by atoms with Gasteiger partial charge in [-0.1, -0.05) is 78.1 Å². The molecule has 0 aliphatic heterocycles. The summed E-state index contributed by atoms with van der Waals surface area (Å²) in [7, 11) is 0. The van der Waals surface area contributed by atoms with Gasteiger partial charge >= 0.3 is 5.97 Å². The fraction of sp³-hybridized carbons (Fsp3) is 0.952. The molecule has 3 nitrogen and oxygen atoms in total. The van der Waals surface area contributed by atoms with Crippen LogP contribution >= 0.6 is 0 Å². The number of unbranched alkanes of at least 4 members (excludes halogenated alkanes) is 8. The van der Waals surface area contributed by atoms with Gasteiger partial charge in [-0.05, 0) is 33.1 Å². The van der Waals surface area contributed by atoms with E-state index in [1.54, 1.807) is 0 Å². The molecule has 0 aliphatic carbocycles. The summed E-state index contributed by atoms with van der Waals surface area (Å²) in [5.41, 5.74) is -0.467. The van der Waals surface area contributed by atoms with Crippen molar-refractivity contribution in [1.29, 1.82) is 0 Å². The van der Waals surface area contributed by atoms with Crippen LogP contribution in [0.15, 0.2) is 0 Å². The summed E-state index contributed by atoms with van der Waals surface area (Å²) in [6.07, 6.45) is 13.2. The second kappa shape index (κ2) is 13.7. The molecule has 0 amide bonds. The Bertz CT molecular complexity index is 305. The Kier molecular flexibility index (Phi) is 13.4. The van der Waals surface area contributed by atoms with Crippen LogP contribution in [-0.2, 0) is 9.53 Å². The van der Waals surface area contributed by atoms with Gasteiger partial charge in [-0.3, -0.25) is 4.79 Å². The van der Waals surface area contributed by atoms with Crippen LogP contribution in [0.25, 0.3) is 0 Å². The Hall–Kier alpha value is -0.570. The fourth-order valence-corrected chi connectivity index (χ4v) is 2.85. The maximum Gasteiger partial charge on any atom is 0.308 e. The molecule has 0 aromatic carbocycles. The Balaban J connectivity index is 3.36. The first kappa shape index (κ1) is 23.4. The lowest BCUT2D eigenvalue weighted by atomic mass is 10.0. The number of aliphatic hydroxyl groups excluding tert-OH is 1. The van der Waals surface area contributed by atoms with Crippen LogP contribution < -0.4 is 0 Å². The number of carbonyl (C=O) groups excluding carboxylic acids is 1. The van der Waals surface area contributed by atoms with E-state index in [1.807, 2.05) is 20.8 Å². The fourth-order valence-electron chi connectivity index (χ4n) is 2.85. The third-order valence-electron chi connectivity index (χ3n) is 4.14. The zero-order chi connectivity index (χ0) is 18.4. The molecule has 1 N–H and O–H groups in total. The maximum atomic E-state index is 11.6. The number of aliphatic hydroxyl groups is 1. The molecule has 0 fully saturated rings. The Morgan fingerprint density at radius 1 is 0.833 bits per heavy atom. The van der Waals surface area contributed by atoms with E-state index in [0.29, 0.717) is 6.42 Å². The third-order valence-corrected chi connectivity index (χ3v) is 4.14. The molecule has 0 spiro atoms. The smallest absolute Gasteiger partial charge is 0.308 e. The second-order valence-corrected chi connectivity index (χ2v) is 8.60. The van der Waals surface area contributed by atoms with Gasteiger partial charge in [0.05, 0.1) is 12.5 Å². The van der Waals surface area contributed by atoms with Gasteiger partial charge in [0, 0.05) is 0 Å². The molecule has 0 aromatic rings. The number of esters is 1. The van der Waals surface area contributed by atoms with Crippen LogP contribution in [0.2, 0.25) is 0 Å². The van der Waals surface area contributed by atoms with Crippen molar-refractivity contribution in [2.75, 3.05) is 0 Å². The van der Waals surface area contributed by atoms with Crippen molar-refractivity contribution in [1.82, 2.24) is 0 Å². The predicted molar refractivity (Wildman–Crippen MR) is 102 cm³/mol.